The molecule has 1 saturated heterocycles. The maximum atomic E-state index is 12.7. The minimum Gasteiger partial charge on any atom is -0.336 e. The number of rotatable bonds is 3. The van der Waals surface area contributed by atoms with E-state index in [1.807, 2.05) is 13.0 Å². The van der Waals surface area contributed by atoms with Crippen LogP contribution in [0.5, 0.6) is 0 Å². The van der Waals surface area contributed by atoms with Gasteiger partial charge in [0.15, 0.2) is 0 Å². The molecule has 7 heteroatoms. The van der Waals surface area contributed by atoms with Gasteiger partial charge >= 0.3 is 6.03 Å². The summed E-state index contributed by atoms with van der Waals surface area (Å²) in [6.07, 6.45) is 4.92. The Morgan fingerprint density at radius 3 is 2.96 bits per heavy atom. The van der Waals surface area contributed by atoms with E-state index >= 15 is 0 Å². The third kappa shape index (κ3) is 2.86. The molecule has 0 saturated carbocycles. The van der Waals surface area contributed by atoms with Crippen LogP contribution in [0.1, 0.15) is 34.6 Å². The number of nitrogens with zero attached hydrogens (tertiary/aromatic N) is 3. The Labute approximate surface area is 146 Å². The summed E-state index contributed by atoms with van der Waals surface area (Å²) in [5, 5.41) is 5.75. The quantitative estimate of drug-likeness (QED) is 0.900. The lowest BCUT2D eigenvalue weighted by Gasteiger charge is -2.19. The lowest BCUT2D eigenvalue weighted by atomic mass is 10.1. The van der Waals surface area contributed by atoms with Crippen LogP contribution in [-0.2, 0) is 13.0 Å². The average Bonchev–Trinajstić information content (AvgIpc) is 3.22. The summed E-state index contributed by atoms with van der Waals surface area (Å²) in [7, 11) is 0. The van der Waals surface area contributed by atoms with Crippen molar-refractivity contribution in [2.24, 2.45) is 0 Å². The first-order chi connectivity index (χ1) is 12.1. The number of nitrogens with one attached hydrogen (secondary N) is 2. The number of carbonyl (C=O) groups excluding carboxylic acids is 2. The molecule has 2 aromatic rings. The topological polar surface area (TPSA) is 79.3 Å². The summed E-state index contributed by atoms with van der Waals surface area (Å²) in [4.78, 5) is 30.7. The molecule has 0 radical (unpaired) electrons. The van der Waals surface area contributed by atoms with Crippen LogP contribution in [0.4, 0.5) is 16.3 Å². The van der Waals surface area contributed by atoms with Crippen LogP contribution in [0, 0.1) is 6.92 Å². The summed E-state index contributed by atoms with van der Waals surface area (Å²) in [6, 6.07) is 5.32. The molecule has 130 valence electrons. The molecule has 2 N–H and O–H groups in total. The molecule has 0 atom stereocenters. The third-order valence-electron chi connectivity index (χ3n) is 4.83. The van der Waals surface area contributed by atoms with Crippen LogP contribution in [0.25, 0.3) is 0 Å². The number of anilines is 2. The van der Waals surface area contributed by atoms with Gasteiger partial charge in [0, 0.05) is 37.3 Å². The zero-order valence-electron chi connectivity index (χ0n) is 14.2. The van der Waals surface area contributed by atoms with Crippen molar-refractivity contribution in [2.75, 3.05) is 23.3 Å². The van der Waals surface area contributed by atoms with Gasteiger partial charge in [0.25, 0.3) is 5.91 Å². The fraction of sp³-hybridized carbons (Fsp3) is 0.389. The second kappa shape index (κ2) is 6.23. The van der Waals surface area contributed by atoms with E-state index in [9.17, 15) is 9.59 Å². The summed E-state index contributed by atoms with van der Waals surface area (Å²) < 4.78 is 2.07. The van der Waals surface area contributed by atoms with Gasteiger partial charge in [-0.15, -0.1) is 0 Å². The second-order valence-electron chi connectivity index (χ2n) is 6.51. The van der Waals surface area contributed by atoms with Crippen molar-refractivity contribution in [3.63, 3.8) is 0 Å². The molecule has 3 amide bonds. The van der Waals surface area contributed by atoms with E-state index in [0.717, 1.165) is 48.7 Å². The Morgan fingerprint density at radius 2 is 2.16 bits per heavy atom. The molecule has 1 fully saturated rings. The lowest BCUT2D eigenvalue weighted by Crippen LogP contribution is -2.28. The lowest BCUT2D eigenvalue weighted by molar-refractivity contribution is 0.102. The van der Waals surface area contributed by atoms with Gasteiger partial charge in [-0.05, 0) is 37.5 Å². The maximum Gasteiger partial charge on any atom is 0.322 e. The van der Waals surface area contributed by atoms with E-state index in [-0.39, 0.29) is 11.9 Å². The fourth-order valence-corrected chi connectivity index (χ4v) is 3.45. The van der Waals surface area contributed by atoms with Gasteiger partial charge in [0.05, 0.1) is 6.20 Å². The van der Waals surface area contributed by atoms with Crippen molar-refractivity contribution < 1.29 is 9.59 Å². The number of imidazole rings is 1. The minimum absolute atomic E-state index is 0.120. The first-order valence-corrected chi connectivity index (χ1v) is 8.65. The molecule has 3 heterocycles. The first-order valence-electron chi connectivity index (χ1n) is 8.65. The zero-order chi connectivity index (χ0) is 17.4. The monoisotopic (exact) mass is 339 g/mol. The van der Waals surface area contributed by atoms with Gasteiger partial charge in [-0.2, -0.15) is 0 Å². The van der Waals surface area contributed by atoms with E-state index in [1.165, 1.54) is 0 Å². The summed E-state index contributed by atoms with van der Waals surface area (Å²) in [5.74, 6) is 1.58. The number of carbonyl (C=O) groups is 2. The summed E-state index contributed by atoms with van der Waals surface area (Å²) in [5.41, 5.74) is 2.28. The molecule has 25 heavy (non-hydrogen) atoms. The van der Waals surface area contributed by atoms with Gasteiger partial charge in [0.1, 0.15) is 11.6 Å². The Hall–Kier alpha value is -2.83. The van der Waals surface area contributed by atoms with Crippen molar-refractivity contribution in [2.45, 2.75) is 32.7 Å². The second-order valence-corrected chi connectivity index (χ2v) is 6.51. The van der Waals surface area contributed by atoms with E-state index in [0.29, 0.717) is 18.7 Å². The number of aromatic nitrogens is 2. The number of benzene rings is 1. The Kier molecular flexibility index (Phi) is 3.91. The highest BCUT2D eigenvalue weighted by atomic mass is 16.2. The molecule has 1 aromatic carbocycles. The molecule has 1 aromatic heterocycles. The zero-order valence-corrected chi connectivity index (χ0v) is 14.2. The third-order valence-corrected chi connectivity index (χ3v) is 4.83. The molecule has 0 unspecified atom stereocenters. The Morgan fingerprint density at radius 1 is 1.28 bits per heavy atom. The predicted octanol–water partition coefficient (Wildman–Crippen LogP) is 2.31. The minimum atomic E-state index is -0.186. The molecular weight excluding hydrogens is 318 g/mol. The molecule has 0 aliphatic carbocycles. The number of hydrogen-bond acceptors (Lipinski definition) is 3. The van der Waals surface area contributed by atoms with Gasteiger partial charge in [-0.3, -0.25) is 9.69 Å². The van der Waals surface area contributed by atoms with Crippen molar-refractivity contribution in [1.29, 1.82) is 0 Å². The molecule has 4 rings (SSSR count). The summed E-state index contributed by atoms with van der Waals surface area (Å²) >= 11 is 0. The van der Waals surface area contributed by atoms with Crippen molar-refractivity contribution in [3.05, 3.63) is 41.3 Å². The van der Waals surface area contributed by atoms with Crippen LogP contribution in [0.2, 0.25) is 0 Å². The maximum absolute atomic E-state index is 12.7. The molecule has 0 bridgehead atoms. The molecule has 2 aliphatic heterocycles. The SMILES string of the molecule is Cc1ccc(C(=O)Nc2cnc3n2CCCC3)cc1N1CCNC1=O. The normalized spacial score (nSPS) is 16.5. The molecule has 0 spiro atoms. The van der Waals surface area contributed by atoms with E-state index in [4.69, 9.17) is 0 Å². The van der Waals surface area contributed by atoms with Gasteiger partial charge in [-0.25, -0.2) is 9.78 Å². The van der Waals surface area contributed by atoms with Crippen LogP contribution < -0.4 is 15.5 Å². The van der Waals surface area contributed by atoms with Gasteiger partial charge < -0.3 is 15.2 Å². The van der Waals surface area contributed by atoms with Crippen LogP contribution in [-0.4, -0.2) is 34.6 Å². The first kappa shape index (κ1) is 15.7. The molecule has 7 nitrogen and oxygen atoms in total. The van der Waals surface area contributed by atoms with Crippen molar-refractivity contribution >= 4 is 23.4 Å². The van der Waals surface area contributed by atoms with Gasteiger partial charge in [0.2, 0.25) is 0 Å². The highest BCUT2D eigenvalue weighted by Gasteiger charge is 2.24. The Balaban J connectivity index is 1.58. The summed E-state index contributed by atoms with van der Waals surface area (Å²) in [6.45, 7) is 4.06. The number of hydrogen-bond donors (Lipinski definition) is 2. The van der Waals surface area contributed by atoms with E-state index in [1.54, 1.807) is 23.2 Å². The number of amides is 3. The van der Waals surface area contributed by atoms with Crippen molar-refractivity contribution in [3.8, 4) is 0 Å². The van der Waals surface area contributed by atoms with E-state index < -0.39 is 0 Å². The largest absolute Gasteiger partial charge is 0.336 e. The molecular formula is C18H21N5O2. The number of fused-ring (bicyclic) bond motifs is 1. The Bertz CT molecular complexity index is 842. The number of urea groups is 1. The highest BCUT2D eigenvalue weighted by Crippen LogP contribution is 2.25. The smallest absolute Gasteiger partial charge is 0.322 e. The standard InChI is InChI=1S/C18H21N5O2/c1-12-5-6-13(10-14(12)22-9-7-19-18(22)25)17(24)21-16-11-20-15-4-2-3-8-23(15)16/h5-6,10-11H,2-4,7-9H2,1H3,(H,19,25)(H,21,24). The van der Waals surface area contributed by atoms with E-state index in [2.05, 4.69) is 20.2 Å². The highest BCUT2D eigenvalue weighted by molar-refractivity contribution is 6.05. The van der Waals surface area contributed by atoms with Crippen LogP contribution in [0.3, 0.4) is 0 Å². The van der Waals surface area contributed by atoms with Crippen LogP contribution in [0.15, 0.2) is 24.4 Å². The van der Waals surface area contributed by atoms with Crippen LogP contribution >= 0.6 is 0 Å². The van der Waals surface area contributed by atoms with Crippen molar-refractivity contribution in [1.82, 2.24) is 14.9 Å². The number of aryl methyl sites for hydroxylation is 2. The fourth-order valence-electron chi connectivity index (χ4n) is 3.45. The predicted molar refractivity (Wildman–Crippen MR) is 95.0 cm³/mol. The average molecular weight is 339 g/mol. The van der Waals surface area contributed by atoms with Gasteiger partial charge in [-0.1, -0.05) is 6.07 Å². The molecule has 2 aliphatic rings.